The molecule has 15 heavy (non-hydrogen) atoms. The molecule has 1 rings (SSSR count). The maximum Gasteiger partial charge on any atom is 0.232 e. The van der Waals surface area contributed by atoms with Crippen LogP contribution in [-0.2, 0) is 14.3 Å². The number of carbonyl (C=O) groups is 2. The van der Waals surface area contributed by atoms with Gasteiger partial charge in [0.15, 0.2) is 0 Å². The largest absolute Gasteiger partial charge is 0.501 e. The lowest BCUT2D eigenvalue weighted by Crippen LogP contribution is -2.31. The molecular formula is C11H17NO3. The number of nitrogens with zero attached hydrogens (tertiary/aromatic N) is 1. The summed E-state index contributed by atoms with van der Waals surface area (Å²) < 4.78 is 5.11. The monoisotopic (exact) mass is 211 g/mol. The highest BCUT2D eigenvalue weighted by Crippen LogP contribution is 2.18. The van der Waals surface area contributed by atoms with Gasteiger partial charge in [0.25, 0.3) is 0 Å². The second-order valence-electron chi connectivity index (χ2n) is 3.68. The van der Waals surface area contributed by atoms with Gasteiger partial charge in [-0.2, -0.15) is 0 Å². The third kappa shape index (κ3) is 3.08. The van der Waals surface area contributed by atoms with Crippen molar-refractivity contribution in [2.75, 3.05) is 13.2 Å². The van der Waals surface area contributed by atoms with E-state index >= 15 is 0 Å². The molecule has 1 heterocycles. The molecule has 0 radical (unpaired) electrons. The van der Waals surface area contributed by atoms with Crippen LogP contribution in [0.15, 0.2) is 12.3 Å². The summed E-state index contributed by atoms with van der Waals surface area (Å²) in [7, 11) is 0. The van der Waals surface area contributed by atoms with Crippen LogP contribution >= 0.6 is 0 Å². The van der Waals surface area contributed by atoms with Crippen molar-refractivity contribution in [1.29, 1.82) is 0 Å². The van der Waals surface area contributed by atoms with Crippen LogP contribution in [0, 0.1) is 5.92 Å². The average Bonchev–Trinajstić information content (AvgIpc) is 2.44. The molecule has 0 bridgehead atoms. The molecule has 0 aliphatic carbocycles. The lowest BCUT2D eigenvalue weighted by atomic mass is 10.1. The number of rotatable bonds is 5. The van der Waals surface area contributed by atoms with Crippen molar-refractivity contribution in [2.24, 2.45) is 5.92 Å². The topological polar surface area (TPSA) is 46.6 Å². The molecule has 0 saturated carbocycles. The summed E-state index contributed by atoms with van der Waals surface area (Å²) in [5, 5.41) is 0. The van der Waals surface area contributed by atoms with E-state index in [1.165, 1.54) is 4.90 Å². The van der Waals surface area contributed by atoms with Gasteiger partial charge in [0, 0.05) is 18.9 Å². The molecule has 4 heteroatoms. The number of hydrogen-bond donors (Lipinski definition) is 0. The SMILES string of the molecule is CC=COCCCN1C(=O)C[C@@H](C)C1=O. The van der Waals surface area contributed by atoms with Gasteiger partial charge in [-0.1, -0.05) is 13.0 Å². The Balaban J connectivity index is 2.26. The summed E-state index contributed by atoms with van der Waals surface area (Å²) >= 11 is 0. The highest BCUT2D eigenvalue weighted by Gasteiger charge is 2.34. The van der Waals surface area contributed by atoms with Crippen molar-refractivity contribution in [2.45, 2.75) is 26.7 Å². The van der Waals surface area contributed by atoms with Crippen LogP contribution in [0.4, 0.5) is 0 Å². The minimum atomic E-state index is -0.144. The van der Waals surface area contributed by atoms with Crippen molar-refractivity contribution >= 4 is 11.8 Å². The van der Waals surface area contributed by atoms with Crippen molar-refractivity contribution in [1.82, 2.24) is 4.90 Å². The van der Waals surface area contributed by atoms with Gasteiger partial charge in [0.1, 0.15) is 0 Å². The van der Waals surface area contributed by atoms with Crippen molar-refractivity contribution in [3.8, 4) is 0 Å². The summed E-state index contributed by atoms with van der Waals surface area (Å²) in [6.07, 6.45) is 4.45. The van der Waals surface area contributed by atoms with E-state index in [1.54, 1.807) is 19.3 Å². The molecule has 0 N–H and O–H groups in total. The molecule has 1 atom stereocenters. The number of hydrogen-bond acceptors (Lipinski definition) is 3. The zero-order valence-corrected chi connectivity index (χ0v) is 9.23. The van der Waals surface area contributed by atoms with Gasteiger partial charge < -0.3 is 4.74 Å². The molecule has 0 aromatic heterocycles. The molecule has 0 spiro atoms. The molecule has 2 amide bonds. The molecule has 1 aliphatic rings. The first-order chi connectivity index (χ1) is 7.16. The third-order valence-electron chi connectivity index (χ3n) is 2.35. The fourth-order valence-electron chi connectivity index (χ4n) is 1.55. The first-order valence-corrected chi connectivity index (χ1v) is 5.23. The standard InChI is InChI=1S/C11H17NO3/c1-3-6-15-7-4-5-12-10(13)8-9(2)11(12)14/h3,6,9H,4-5,7-8H2,1-2H3/t9-/m1/s1. The van der Waals surface area contributed by atoms with Gasteiger partial charge >= 0.3 is 0 Å². The van der Waals surface area contributed by atoms with E-state index in [-0.39, 0.29) is 17.7 Å². The van der Waals surface area contributed by atoms with Crippen molar-refractivity contribution in [3.63, 3.8) is 0 Å². The van der Waals surface area contributed by atoms with Gasteiger partial charge in [-0.15, -0.1) is 0 Å². The van der Waals surface area contributed by atoms with Crippen LogP contribution in [0.1, 0.15) is 26.7 Å². The molecule has 1 fully saturated rings. The fourth-order valence-corrected chi connectivity index (χ4v) is 1.55. The van der Waals surface area contributed by atoms with Crippen LogP contribution in [-0.4, -0.2) is 29.9 Å². The summed E-state index contributed by atoms with van der Waals surface area (Å²) in [5.74, 6) is -0.251. The molecule has 0 aromatic rings. The molecule has 0 aromatic carbocycles. The van der Waals surface area contributed by atoms with Gasteiger partial charge in [0.2, 0.25) is 11.8 Å². The highest BCUT2D eigenvalue weighted by molar-refractivity contribution is 6.03. The normalized spacial score (nSPS) is 21.7. The second kappa shape index (κ2) is 5.53. The molecule has 84 valence electrons. The number of likely N-dealkylation sites (tertiary alicyclic amines) is 1. The van der Waals surface area contributed by atoms with Gasteiger partial charge in [0.05, 0.1) is 12.9 Å². The Morgan fingerprint density at radius 2 is 2.27 bits per heavy atom. The van der Waals surface area contributed by atoms with E-state index < -0.39 is 0 Å². The molecule has 1 saturated heterocycles. The number of allylic oxidation sites excluding steroid dienone is 1. The minimum Gasteiger partial charge on any atom is -0.501 e. The van der Waals surface area contributed by atoms with E-state index in [0.717, 1.165) is 0 Å². The summed E-state index contributed by atoms with van der Waals surface area (Å²) in [6.45, 7) is 4.67. The smallest absolute Gasteiger partial charge is 0.232 e. The quantitative estimate of drug-likeness (QED) is 0.391. The van der Waals surface area contributed by atoms with Gasteiger partial charge in [-0.25, -0.2) is 0 Å². The first kappa shape index (κ1) is 11.8. The fraction of sp³-hybridized carbons (Fsp3) is 0.636. The Labute approximate surface area is 89.9 Å². The summed E-state index contributed by atoms with van der Waals surface area (Å²) in [4.78, 5) is 24.2. The Kier molecular flexibility index (Phi) is 4.34. The number of amides is 2. The summed E-state index contributed by atoms with van der Waals surface area (Å²) in [6, 6.07) is 0. The van der Waals surface area contributed by atoms with Crippen LogP contribution in [0.2, 0.25) is 0 Å². The molecule has 4 nitrogen and oxygen atoms in total. The molecule has 0 unspecified atom stereocenters. The number of imide groups is 1. The Morgan fingerprint density at radius 1 is 1.53 bits per heavy atom. The Bertz CT molecular complexity index is 273. The predicted molar refractivity (Wildman–Crippen MR) is 55.9 cm³/mol. The van der Waals surface area contributed by atoms with Crippen molar-refractivity contribution < 1.29 is 14.3 Å². The third-order valence-corrected chi connectivity index (χ3v) is 2.35. The summed E-state index contributed by atoms with van der Waals surface area (Å²) in [5.41, 5.74) is 0. The maximum atomic E-state index is 11.5. The lowest BCUT2D eigenvalue weighted by Gasteiger charge is -2.13. The van der Waals surface area contributed by atoms with Crippen molar-refractivity contribution in [3.05, 3.63) is 12.3 Å². The van der Waals surface area contributed by atoms with Gasteiger partial charge in [-0.05, 0) is 13.3 Å². The predicted octanol–water partition coefficient (Wildman–Crippen LogP) is 1.32. The average molecular weight is 211 g/mol. The maximum absolute atomic E-state index is 11.5. The Morgan fingerprint density at radius 3 is 2.80 bits per heavy atom. The molecule has 1 aliphatic heterocycles. The lowest BCUT2D eigenvalue weighted by molar-refractivity contribution is -0.139. The van der Waals surface area contributed by atoms with Gasteiger partial charge in [-0.3, -0.25) is 14.5 Å². The number of ether oxygens (including phenoxy) is 1. The van der Waals surface area contributed by atoms with E-state index in [2.05, 4.69) is 0 Å². The zero-order valence-electron chi connectivity index (χ0n) is 9.23. The van der Waals surface area contributed by atoms with Crippen LogP contribution in [0.25, 0.3) is 0 Å². The second-order valence-corrected chi connectivity index (χ2v) is 3.68. The van der Waals surface area contributed by atoms with E-state index in [4.69, 9.17) is 4.74 Å². The Hall–Kier alpha value is -1.32. The molecular weight excluding hydrogens is 194 g/mol. The van der Waals surface area contributed by atoms with Crippen LogP contribution < -0.4 is 0 Å². The van der Waals surface area contributed by atoms with Crippen LogP contribution in [0.5, 0.6) is 0 Å². The van der Waals surface area contributed by atoms with E-state index in [9.17, 15) is 9.59 Å². The first-order valence-electron chi connectivity index (χ1n) is 5.23. The number of carbonyl (C=O) groups excluding carboxylic acids is 2. The van der Waals surface area contributed by atoms with E-state index in [0.29, 0.717) is 26.0 Å². The highest BCUT2D eigenvalue weighted by atomic mass is 16.5. The zero-order chi connectivity index (χ0) is 11.3. The minimum absolute atomic E-state index is 0.0500. The van der Waals surface area contributed by atoms with E-state index in [1.807, 2.05) is 6.92 Å². The van der Waals surface area contributed by atoms with Crippen LogP contribution in [0.3, 0.4) is 0 Å².